The Labute approximate surface area is 151 Å². The van der Waals surface area contributed by atoms with Gasteiger partial charge in [0.1, 0.15) is 17.6 Å². The molecule has 0 spiro atoms. The Morgan fingerprint density at radius 2 is 2.04 bits per heavy atom. The SMILES string of the molecule is O=C(COC(=O)c1ccc([N+](=O)[O-])s1)NC[C@@H]1COc2ccccc2O1. The summed E-state index contributed by atoms with van der Waals surface area (Å²) in [6.45, 7) is -0.0141. The molecule has 1 amide bonds. The molecule has 0 unspecified atom stereocenters. The average molecular weight is 378 g/mol. The molecule has 2 aromatic rings. The maximum absolute atomic E-state index is 11.8. The molecule has 0 saturated carbocycles. The number of amides is 1. The van der Waals surface area contributed by atoms with Crippen molar-refractivity contribution in [1.82, 2.24) is 5.32 Å². The van der Waals surface area contributed by atoms with Crippen molar-refractivity contribution in [3.8, 4) is 11.5 Å². The third-order valence-electron chi connectivity index (χ3n) is 3.40. The van der Waals surface area contributed by atoms with Crippen LogP contribution in [0.1, 0.15) is 9.67 Å². The highest BCUT2D eigenvalue weighted by atomic mass is 32.1. The van der Waals surface area contributed by atoms with Gasteiger partial charge in [0, 0.05) is 6.07 Å². The van der Waals surface area contributed by atoms with Gasteiger partial charge in [0.05, 0.1) is 11.5 Å². The van der Waals surface area contributed by atoms with E-state index in [-0.39, 0.29) is 29.1 Å². The molecule has 10 heteroatoms. The average Bonchev–Trinajstić information content (AvgIpc) is 3.15. The first kappa shape index (κ1) is 17.7. The van der Waals surface area contributed by atoms with Crippen molar-refractivity contribution in [1.29, 1.82) is 0 Å². The number of thiophene rings is 1. The smallest absolute Gasteiger partial charge is 0.349 e. The van der Waals surface area contributed by atoms with E-state index < -0.39 is 23.4 Å². The number of carbonyl (C=O) groups excluding carboxylic acids is 2. The highest BCUT2D eigenvalue weighted by Gasteiger charge is 2.22. The Hall–Kier alpha value is -3.14. The van der Waals surface area contributed by atoms with Gasteiger partial charge in [-0.05, 0) is 18.2 Å². The van der Waals surface area contributed by atoms with Gasteiger partial charge in [-0.2, -0.15) is 0 Å². The Kier molecular flexibility index (Phi) is 5.32. The van der Waals surface area contributed by atoms with Crippen molar-refractivity contribution in [2.24, 2.45) is 0 Å². The summed E-state index contributed by atoms with van der Waals surface area (Å²) < 4.78 is 16.1. The normalized spacial score (nSPS) is 15.2. The second-order valence-corrected chi connectivity index (χ2v) is 6.34. The van der Waals surface area contributed by atoms with Crippen molar-refractivity contribution >= 4 is 28.2 Å². The van der Waals surface area contributed by atoms with Crippen molar-refractivity contribution < 1.29 is 28.7 Å². The molecule has 26 heavy (non-hydrogen) atoms. The predicted molar refractivity (Wildman–Crippen MR) is 90.6 cm³/mol. The van der Waals surface area contributed by atoms with Crippen molar-refractivity contribution in [3.05, 3.63) is 51.4 Å². The van der Waals surface area contributed by atoms with E-state index in [9.17, 15) is 19.7 Å². The molecule has 2 heterocycles. The van der Waals surface area contributed by atoms with E-state index in [0.29, 0.717) is 22.8 Å². The quantitative estimate of drug-likeness (QED) is 0.462. The van der Waals surface area contributed by atoms with E-state index in [0.717, 1.165) is 0 Å². The number of esters is 1. The minimum atomic E-state index is -0.788. The molecule has 1 atom stereocenters. The van der Waals surface area contributed by atoms with Crippen LogP contribution in [-0.4, -0.2) is 42.7 Å². The molecular formula is C16H14N2O7S. The summed E-state index contributed by atoms with van der Waals surface area (Å²) in [4.78, 5) is 33.6. The van der Waals surface area contributed by atoms with E-state index in [1.54, 1.807) is 12.1 Å². The van der Waals surface area contributed by atoms with Crippen molar-refractivity contribution in [2.75, 3.05) is 19.8 Å². The van der Waals surface area contributed by atoms with Crippen LogP contribution in [0.2, 0.25) is 0 Å². The van der Waals surface area contributed by atoms with E-state index in [1.807, 2.05) is 12.1 Å². The van der Waals surface area contributed by atoms with E-state index in [4.69, 9.17) is 14.2 Å². The summed E-state index contributed by atoms with van der Waals surface area (Å²) in [6.07, 6.45) is -0.357. The lowest BCUT2D eigenvalue weighted by molar-refractivity contribution is -0.380. The van der Waals surface area contributed by atoms with Crippen LogP contribution in [0.3, 0.4) is 0 Å². The zero-order valence-electron chi connectivity index (χ0n) is 13.4. The zero-order valence-corrected chi connectivity index (χ0v) is 14.2. The van der Waals surface area contributed by atoms with Crippen molar-refractivity contribution in [3.63, 3.8) is 0 Å². The second-order valence-electron chi connectivity index (χ2n) is 5.27. The van der Waals surface area contributed by atoms with Gasteiger partial charge in [-0.1, -0.05) is 23.5 Å². The highest BCUT2D eigenvalue weighted by molar-refractivity contribution is 7.17. The molecule has 0 fully saturated rings. The summed E-state index contributed by atoms with van der Waals surface area (Å²) in [6, 6.07) is 9.70. The van der Waals surface area contributed by atoms with Crippen LogP contribution in [0.25, 0.3) is 0 Å². The van der Waals surface area contributed by atoms with Gasteiger partial charge >= 0.3 is 11.0 Å². The minimum absolute atomic E-state index is 0.0603. The summed E-state index contributed by atoms with van der Waals surface area (Å²) in [5, 5.41) is 13.0. The van der Waals surface area contributed by atoms with Gasteiger partial charge in [-0.25, -0.2) is 4.79 Å². The van der Waals surface area contributed by atoms with Crippen LogP contribution in [0.5, 0.6) is 11.5 Å². The summed E-state index contributed by atoms with van der Waals surface area (Å²) >= 11 is 0.688. The predicted octanol–water partition coefficient (Wildman–Crippen LogP) is 1.77. The van der Waals surface area contributed by atoms with Crippen molar-refractivity contribution in [2.45, 2.75) is 6.10 Å². The number of nitro groups is 1. The summed E-state index contributed by atoms with van der Waals surface area (Å²) in [5.41, 5.74) is 0. The number of carbonyl (C=O) groups is 2. The molecule has 1 aliphatic rings. The third-order valence-corrected chi connectivity index (χ3v) is 4.42. The first-order valence-electron chi connectivity index (χ1n) is 7.59. The number of hydrogen-bond donors (Lipinski definition) is 1. The lowest BCUT2D eigenvalue weighted by Gasteiger charge is -2.26. The number of rotatable bonds is 6. The monoisotopic (exact) mass is 378 g/mol. The number of fused-ring (bicyclic) bond motifs is 1. The number of para-hydroxylation sites is 2. The highest BCUT2D eigenvalue weighted by Crippen LogP contribution is 2.30. The summed E-state index contributed by atoms with van der Waals surface area (Å²) in [7, 11) is 0. The molecule has 0 bridgehead atoms. The van der Waals surface area contributed by atoms with Crippen LogP contribution in [0.15, 0.2) is 36.4 Å². The molecule has 1 aromatic heterocycles. The Morgan fingerprint density at radius 1 is 1.27 bits per heavy atom. The Balaban J connectivity index is 1.42. The van der Waals surface area contributed by atoms with Gasteiger partial charge in [0.15, 0.2) is 18.1 Å². The largest absolute Gasteiger partial charge is 0.486 e. The molecular weight excluding hydrogens is 364 g/mol. The van der Waals surface area contributed by atoms with Crippen LogP contribution in [-0.2, 0) is 9.53 Å². The molecule has 9 nitrogen and oxygen atoms in total. The van der Waals surface area contributed by atoms with Gasteiger partial charge in [-0.3, -0.25) is 14.9 Å². The topological polar surface area (TPSA) is 117 Å². The van der Waals surface area contributed by atoms with Gasteiger partial charge in [0.25, 0.3) is 5.91 Å². The maximum Gasteiger partial charge on any atom is 0.349 e. The summed E-state index contributed by atoms with van der Waals surface area (Å²) in [5.74, 6) is -0.0472. The van der Waals surface area contributed by atoms with Crippen LogP contribution < -0.4 is 14.8 Å². The molecule has 1 N–H and O–H groups in total. The standard InChI is InChI=1S/C16H14N2O7S/c19-14(9-24-16(20)13-5-6-15(26-13)18(21)22)17-7-10-8-23-11-3-1-2-4-12(11)25-10/h1-6,10H,7-9H2,(H,17,19)/t10-/m1/s1. The molecule has 136 valence electrons. The van der Waals surface area contributed by atoms with Crippen LogP contribution in [0, 0.1) is 10.1 Å². The number of nitrogens with one attached hydrogen (secondary N) is 1. The van der Waals surface area contributed by atoms with E-state index in [1.165, 1.54) is 12.1 Å². The fourth-order valence-corrected chi connectivity index (χ4v) is 2.89. The van der Waals surface area contributed by atoms with Gasteiger partial charge < -0.3 is 19.5 Å². The Bertz CT molecular complexity index is 836. The van der Waals surface area contributed by atoms with Gasteiger partial charge in [-0.15, -0.1) is 0 Å². The van der Waals surface area contributed by atoms with Crippen LogP contribution in [0.4, 0.5) is 5.00 Å². The van der Waals surface area contributed by atoms with E-state index >= 15 is 0 Å². The fraction of sp³-hybridized carbons (Fsp3) is 0.250. The molecule has 0 saturated heterocycles. The number of benzene rings is 1. The number of ether oxygens (including phenoxy) is 3. The van der Waals surface area contributed by atoms with Crippen LogP contribution >= 0.6 is 11.3 Å². The lowest BCUT2D eigenvalue weighted by Crippen LogP contribution is -2.42. The Morgan fingerprint density at radius 3 is 2.77 bits per heavy atom. The minimum Gasteiger partial charge on any atom is -0.486 e. The number of hydrogen-bond acceptors (Lipinski definition) is 8. The fourth-order valence-electron chi connectivity index (χ4n) is 2.18. The number of nitrogens with zero attached hydrogens (tertiary/aromatic N) is 1. The molecule has 0 aliphatic carbocycles. The maximum atomic E-state index is 11.8. The lowest BCUT2D eigenvalue weighted by atomic mass is 10.2. The third kappa shape index (κ3) is 4.28. The zero-order chi connectivity index (χ0) is 18.5. The molecule has 1 aromatic carbocycles. The first-order valence-corrected chi connectivity index (χ1v) is 8.41. The molecule has 0 radical (unpaired) electrons. The first-order chi connectivity index (χ1) is 12.5. The molecule has 3 rings (SSSR count). The van der Waals surface area contributed by atoms with E-state index in [2.05, 4.69) is 5.32 Å². The molecule has 1 aliphatic heterocycles. The van der Waals surface area contributed by atoms with Gasteiger partial charge in [0.2, 0.25) is 0 Å². The second kappa shape index (κ2) is 7.83.